The third kappa shape index (κ3) is 4.57. The Hall–Kier alpha value is -1.86. The second-order valence-electron chi connectivity index (χ2n) is 5.06. The highest BCUT2D eigenvalue weighted by Crippen LogP contribution is 2.33. The molecule has 2 N–H and O–H groups in total. The van der Waals surface area contributed by atoms with Crippen LogP contribution in [0, 0.1) is 0 Å². The molecule has 7 nitrogen and oxygen atoms in total. The normalized spacial score (nSPS) is 15.0. The number of carbonyl (C=O) groups excluding carboxylic acids is 1. The molecule has 22 heavy (non-hydrogen) atoms. The van der Waals surface area contributed by atoms with Crippen LogP contribution in [0.25, 0.3) is 0 Å². The summed E-state index contributed by atoms with van der Waals surface area (Å²) >= 11 is 0. The highest BCUT2D eigenvalue weighted by molar-refractivity contribution is 5.74. The molecular weight excluding hydrogens is 292 g/mol. The molecule has 7 heteroatoms. The van der Waals surface area contributed by atoms with E-state index in [9.17, 15) is 19.8 Å². The lowest BCUT2D eigenvalue weighted by Crippen LogP contribution is -2.35. The van der Waals surface area contributed by atoms with Crippen LogP contribution in [-0.2, 0) is 15.1 Å². The van der Waals surface area contributed by atoms with Crippen LogP contribution < -0.4 is 10.4 Å². The molecular formula is C15H22O7. The van der Waals surface area contributed by atoms with Gasteiger partial charge in [-0.15, -0.1) is 0 Å². The van der Waals surface area contributed by atoms with Crippen LogP contribution in [0.1, 0.15) is 38.4 Å². The van der Waals surface area contributed by atoms with Crippen molar-refractivity contribution in [1.29, 1.82) is 0 Å². The molecule has 0 saturated heterocycles. The van der Waals surface area contributed by atoms with Gasteiger partial charge >= 0.3 is 11.6 Å². The fourth-order valence-corrected chi connectivity index (χ4v) is 2.14. The summed E-state index contributed by atoms with van der Waals surface area (Å²) in [6.45, 7) is 1.93. The molecule has 1 heterocycles. The molecule has 0 radical (unpaired) electrons. The lowest BCUT2D eigenvalue weighted by atomic mass is 9.87. The van der Waals surface area contributed by atoms with Crippen molar-refractivity contribution in [2.75, 3.05) is 14.2 Å². The average molecular weight is 314 g/mol. The lowest BCUT2D eigenvalue weighted by molar-refractivity contribution is -0.155. The first-order valence-electron chi connectivity index (χ1n) is 7.04. The second-order valence-corrected chi connectivity index (χ2v) is 5.06. The first-order chi connectivity index (χ1) is 10.4. The molecule has 124 valence electrons. The van der Waals surface area contributed by atoms with E-state index in [1.807, 2.05) is 6.92 Å². The van der Waals surface area contributed by atoms with Crippen molar-refractivity contribution >= 4 is 5.97 Å². The number of methoxy groups -OCH3 is 2. The van der Waals surface area contributed by atoms with Crippen LogP contribution >= 0.6 is 0 Å². The number of ether oxygens (including phenoxy) is 2. The SMILES string of the molecule is CCCCC(O)(CC(O)C(=O)OC)c1cc(OC)cc(=O)o1. The second kappa shape index (κ2) is 7.95. The smallest absolute Gasteiger partial charge is 0.339 e. The van der Waals surface area contributed by atoms with E-state index in [2.05, 4.69) is 4.74 Å². The Morgan fingerprint density at radius 3 is 2.64 bits per heavy atom. The van der Waals surface area contributed by atoms with Gasteiger partial charge in [0.05, 0.1) is 20.3 Å². The van der Waals surface area contributed by atoms with Crippen molar-refractivity contribution in [3.05, 3.63) is 28.3 Å². The largest absolute Gasteiger partial charge is 0.496 e. The Morgan fingerprint density at radius 1 is 1.41 bits per heavy atom. The number of carbonyl (C=O) groups is 1. The number of rotatable bonds is 8. The van der Waals surface area contributed by atoms with Gasteiger partial charge in [0, 0.05) is 12.5 Å². The Labute approximate surface area is 128 Å². The number of hydrogen-bond acceptors (Lipinski definition) is 7. The van der Waals surface area contributed by atoms with Crippen LogP contribution in [0.15, 0.2) is 21.3 Å². The van der Waals surface area contributed by atoms with Crippen LogP contribution in [0.4, 0.5) is 0 Å². The monoisotopic (exact) mass is 314 g/mol. The molecule has 0 amide bonds. The molecule has 0 aliphatic rings. The predicted octanol–water partition coefficient (Wildman–Crippen LogP) is 0.950. The standard InChI is InChI=1S/C15H22O7/c1-4-5-6-15(19,9-11(16)14(18)21-3)12-7-10(20-2)8-13(17)22-12/h7-8,11,16,19H,4-6,9H2,1-3H3. The first kappa shape index (κ1) is 18.2. The van der Waals surface area contributed by atoms with Gasteiger partial charge in [0.25, 0.3) is 0 Å². The average Bonchev–Trinajstić information content (AvgIpc) is 2.51. The summed E-state index contributed by atoms with van der Waals surface area (Å²) in [5, 5.41) is 20.6. The van der Waals surface area contributed by atoms with Gasteiger partial charge in [-0.05, 0) is 6.42 Å². The maximum Gasteiger partial charge on any atom is 0.339 e. The van der Waals surface area contributed by atoms with Crippen LogP contribution in [0.5, 0.6) is 5.75 Å². The molecule has 2 unspecified atom stereocenters. The Kier molecular flexibility index (Phi) is 6.58. The zero-order valence-electron chi connectivity index (χ0n) is 13.0. The van der Waals surface area contributed by atoms with Crippen molar-refractivity contribution in [2.24, 2.45) is 0 Å². The van der Waals surface area contributed by atoms with E-state index in [0.717, 1.165) is 19.6 Å². The van der Waals surface area contributed by atoms with Crippen molar-refractivity contribution in [3.8, 4) is 5.75 Å². The summed E-state index contributed by atoms with van der Waals surface area (Å²) in [7, 11) is 2.52. The van der Waals surface area contributed by atoms with Gasteiger partial charge in [0.1, 0.15) is 17.1 Å². The Balaban J connectivity index is 3.17. The van der Waals surface area contributed by atoms with E-state index in [-0.39, 0.29) is 24.4 Å². The van der Waals surface area contributed by atoms with E-state index in [1.54, 1.807) is 0 Å². The van der Waals surface area contributed by atoms with Crippen molar-refractivity contribution in [1.82, 2.24) is 0 Å². The van der Waals surface area contributed by atoms with Crippen LogP contribution in [0.3, 0.4) is 0 Å². The summed E-state index contributed by atoms with van der Waals surface area (Å²) in [5.41, 5.74) is -2.35. The summed E-state index contributed by atoms with van der Waals surface area (Å²) in [4.78, 5) is 22.9. The minimum atomic E-state index is -1.67. The fraction of sp³-hybridized carbons (Fsp3) is 0.600. The highest BCUT2D eigenvalue weighted by Gasteiger charge is 2.37. The predicted molar refractivity (Wildman–Crippen MR) is 77.6 cm³/mol. The lowest BCUT2D eigenvalue weighted by Gasteiger charge is -2.28. The topological polar surface area (TPSA) is 106 Å². The quantitative estimate of drug-likeness (QED) is 0.688. The van der Waals surface area contributed by atoms with Crippen molar-refractivity contribution < 1.29 is 28.9 Å². The summed E-state index contributed by atoms with van der Waals surface area (Å²) in [6, 6.07) is 2.52. The van der Waals surface area contributed by atoms with Crippen LogP contribution in [0.2, 0.25) is 0 Å². The van der Waals surface area contributed by atoms with E-state index in [0.29, 0.717) is 6.42 Å². The van der Waals surface area contributed by atoms with Gasteiger partial charge in [-0.25, -0.2) is 9.59 Å². The molecule has 1 aromatic rings. The molecule has 0 aromatic carbocycles. The number of aliphatic hydroxyl groups excluding tert-OH is 1. The van der Waals surface area contributed by atoms with E-state index < -0.39 is 23.3 Å². The Morgan fingerprint density at radius 2 is 2.09 bits per heavy atom. The molecule has 1 aromatic heterocycles. The van der Waals surface area contributed by atoms with Crippen LogP contribution in [-0.4, -0.2) is 36.5 Å². The first-order valence-corrected chi connectivity index (χ1v) is 7.04. The zero-order valence-corrected chi connectivity index (χ0v) is 13.0. The van der Waals surface area contributed by atoms with Gasteiger partial charge in [0.2, 0.25) is 0 Å². The van der Waals surface area contributed by atoms with Gasteiger partial charge in [-0.2, -0.15) is 0 Å². The molecule has 0 bridgehead atoms. The molecule has 2 atom stereocenters. The maximum absolute atomic E-state index is 11.6. The summed E-state index contributed by atoms with van der Waals surface area (Å²) < 4.78 is 14.5. The van der Waals surface area contributed by atoms with Gasteiger partial charge in [-0.3, -0.25) is 0 Å². The molecule has 0 fully saturated rings. The number of hydrogen-bond donors (Lipinski definition) is 2. The number of esters is 1. The van der Waals surface area contributed by atoms with Gasteiger partial charge in [-0.1, -0.05) is 19.8 Å². The molecule has 0 aliphatic carbocycles. The van der Waals surface area contributed by atoms with E-state index in [4.69, 9.17) is 9.15 Å². The van der Waals surface area contributed by atoms with Gasteiger partial charge < -0.3 is 24.1 Å². The molecule has 1 rings (SSSR count). The van der Waals surface area contributed by atoms with Gasteiger partial charge in [0.15, 0.2) is 6.10 Å². The molecule has 0 spiro atoms. The van der Waals surface area contributed by atoms with E-state index in [1.165, 1.54) is 13.2 Å². The maximum atomic E-state index is 11.6. The Bertz CT molecular complexity index is 551. The molecule has 0 saturated carbocycles. The minimum Gasteiger partial charge on any atom is -0.496 e. The van der Waals surface area contributed by atoms with E-state index >= 15 is 0 Å². The fourth-order valence-electron chi connectivity index (χ4n) is 2.14. The zero-order chi connectivity index (χ0) is 16.8. The minimum absolute atomic E-state index is 0.0479. The summed E-state index contributed by atoms with van der Waals surface area (Å²) in [5.74, 6) is -0.679. The number of unbranched alkanes of at least 4 members (excludes halogenated alkanes) is 1. The highest BCUT2D eigenvalue weighted by atomic mass is 16.5. The van der Waals surface area contributed by atoms with Crippen molar-refractivity contribution in [3.63, 3.8) is 0 Å². The van der Waals surface area contributed by atoms with Crippen molar-refractivity contribution in [2.45, 2.75) is 44.3 Å². The molecule has 0 aliphatic heterocycles. The number of aliphatic hydroxyl groups is 2. The third-order valence-corrected chi connectivity index (χ3v) is 3.39. The summed E-state index contributed by atoms with van der Waals surface area (Å²) in [6.07, 6.45) is -0.247. The third-order valence-electron chi connectivity index (χ3n) is 3.39.